The lowest BCUT2D eigenvalue weighted by molar-refractivity contribution is -0.140. The number of carboxylic acids is 5. The van der Waals surface area contributed by atoms with E-state index in [2.05, 4.69) is 23.7 Å². The highest BCUT2D eigenvalue weighted by Crippen LogP contribution is 2.03. The minimum absolute atomic E-state index is 0.0208. The first-order valence-electron chi connectivity index (χ1n) is 9.90. The lowest BCUT2D eigenvalue weighted by Gasteiger charge is -2.07. The number of rotatable bonds is 7. The Labute approximate surface area is 203 Å². The van der Waals surface area contributed by atoms with Gasteiger partial charge in [0.1, 0.15) is 24.2 Å². The Balaban J connectivity index is -0.000000167. The van der Waals surface area contributed by atoms with Gasteiger partial charge in [-0.05, 0) is 32.2 Å². The van der Waals surface area contributed by atoms with Crippen LogP contribution >= 0.6 is 12.6 Å². The Bertz CT molecular complexity index is 590. The SMILES string of the molecule is CC(C)C(N)C(=O)O.CC(N)C(=O)O.NC(CS)C(=O)O.NCC(=O)O.O=C(O)[C@@H]1CCCN1. The summed E-state index contributed by atoms with van der Waals surface area (Å²) in [6, 6.07) is -2.53. The molecule has 202 valence electrons. The highest BCUT2D eigenvalue weighted by Gasteiger charge is 2.20. The van der Waals surface area contributed by atoms with E-state index >= 15 is 0 Å². The van der Waals surface area contributed by atoms with Crippen LogP contribution in [0.2, 0.25) is 0 Å². The van der Waals surface area contributed by atoms with Crippen molar-refractivity contribution in [1.82, 2.24) is 5.32 Å². The average Bonchev–Trinajstić information content (AvgIpc) is 3.29. The van der Waals surface area contributed by atoms with Crippen molar-refractivity contribution in [3.63, 3.8) is 0 Å². The molecular weight excluding hydrogens is 478 g/mol. The van der Waals surface area contributed by atoms with E-state index in [4.69, 9.17) is 42.7 Å². The zero-order valence-electron chi connectivity index (χ0n) is 19.5. The molecule has 0 aromatic rings. The maximum Gasteiger partial charge on any atom is 0.321 e. The molecule has 34 heavy (non-hydrogen) atoms. The number of thiol groups is 1. The minimum atomic E-state index is -1.00. The molecule has 1 saturated heterocycles. The van der Waals surface area contributed by atoms with Crippen molar-refractivity contribution >= 4 is 42.5 Å². The van der Waals surface area contributed by atoms with Gasteiger partial charge in [0.2, 0.25) is 0 Å². The molecule has 0 spiro atoms. The van der Waals surface area contributed by atoms with E-state index in [0.29, 0.717) is 0 Å². The molecule has 1 heterocycles. The summed E-state index contributed by atoms with van der Waals surface area (Å²) in [6.45, 7) is 5.55. The highest BCUT2D eigenvalue weighted by molar-refractivity contribution is 7.80. The maximum atomic E-state index is 10.1. The third-order valence-electron chi connectivity index (χ3n) is 3.44. The van der Waals surface area contributed by atoms with Gasteiger partial charge < -0.3 is 53.8 Å². The van der Waals surface area contributed by atoms with Crippen LogP contribution in [0.25, 0.3) is 0 Å². The van der Waals surface area contributed by atoms with E-state index in [9.17, 15) is 24.0 Å². The van der Waals surface area contributed by atoms with E-state index in [1.54, 1.807) is 13.8 Å². The number of carboxylic acid groups (broad SMARTS) is 5. The molecule has 0 saturated carbocycles. The molecule has 3 unspecified atom stereocenters. The summed E-state index contributed by atoms with van der Waals surface area (Å²) in [4.78, 5) is 48.7. The Morgan fingerprint density at radius 2 is 1.32 bits per heavy atom. The van der Waals surface area contributed by atoms with Gasteiger partial charge in [0.15, 0.2) is 0 Å². The average molecular weight is 518 g/mol. The van der Waals surface area contributed by atoms with Crippen LogP contribution in [0.3, 0.4) is 0 Å². The number of nitrogens with one attached hydrogen (secondary N) is 1. The molecule has 14 N–H and O–H groups in total. The van der Waals surface area contributed by atoms with Gasteiger partial charge in [0, 0.05) is 5.75 Å². The molecule has 0 radical (unpaired) electrons. The Hall–Kier alpha value is -2.50. The maximum absolute atomic E-state index is 10.1. The second kappa shape index (κ2) is 23.7. The molecule has 0 aromatic heterocycles. The summed E-state index contributed by atoms with van der Waals surface area (Å²) < 4.78 is 0. The molecule has 1 fully saturated rings. The summed E-state index contributed by atoms with van der Waals surface area (Å²) in [6.07, 6.45) is 1.78. The molecular formula is C18H39N5O10S. The standard InChI is InChI=1S/C5H9NO2.C5H11NO2.C3H7NO2S.C3H7NO2.C2H5NO2/c7-5(8)4-2-1-3-6-4;1-3(2)4(6)5(7)8;4-2(1-7)3(5)6;1-2(4)3(5)6;3-1-2(4)5/h4,6H,1-3H2,(H,7,8);3-4H,6H2,1-2H3,(H,7,8);2,7H,1,4H2,(H,5,6);2H,4H2,1H3,(H,5,6);1,3H2,(H,4,5)/t4-;;;;/m0..../s1. The Kier molecular flexibility index (Phi) is 27.0. The van der Waals surface area contributed by atoms with E-state index in [0.717, 1.165) is 19.4 Å². The molecule has 0 bridgehead atoms. The van der Waals surface area contributed by atoms with Crippen LogP contribution in [0.15, 0.2) is 0 Å². The van der Waals surface area contributed by atoms with Crippen molar-refractivity contribution in [2.24, 2.45) is 28.9 Å². The summed E-state index contributed by atoms with van der Waals surface area (Å²) in [7, 11) is 0. The monoisotopic (exact) mass is 517 g/mol. The molecule has 1 rings (SSSR count). The predicted molar refractivity (Wildman–Crippen MR) is 127 cm³/mol. The number of nitrogens with two attached hydrogens (primary N) is 4. The van der Waals surface area contributed by atoms with Crippen LogP contribution in [0.5, 0.6) is 0 Å². The largest absolute Gasteiger partial charge is 0.480 e. The van der Waals surface area contributed by atoms with Crippen molar-refractivity contribution in [3.8, 4) is 0 Å². The fourth-order valence-electron chi connectivity index (χ4n) is 1.26. The first-order valence-corrected chi connectivity index (χ1v) is 10.5. The molecule has 15 nitrogen and oxygen atoms in total. The van der Waals surface area contributed by atoms with Crippen molar-refractivity contribution in [1.29, 1.82) is 0 Å². The summed E-state index contributed by atoms with van der Waals surface area (Å²) in [5.41, 5.74) is 19.5. The van der Waals surface area contributed by atoms with Gasteiger partial charge in [-0.25, -0.2) is 0 Å². The van der Waals surface area contributed by atoms with Crippen LogP contribution in [-0.2, 0) is 24.0 Å². The second-order valence-electron chi connectivity index (χ2n) is 6.95. The van der Waals surface area contributed by atoms with E-state index in [-0.39, 0.29) is 24.3 Å². The second-order valence-corrected chi connectivity index (χ2v) is 7.31. The van der Waals surface area contributed by atoms with Crippen molar-refractivity contribution < 1.29 is 49.5 Å². The molecule has 0 amide bonds. The van der Waals surface area contributed by atoms with Crippen molar-refractivity contribution in [3.05, 3.63) is 0 Å². The molecule has 4 atom stereocenters. The molecule has 1 aliphatic heterocycles. The van der Waals surface area contributed by atoms with Gasteiger partial charge >= 0.3 is 29.8 Å². The summed E-state index contributed by atoms with van der Waals surface area (Å²) >= 11 is 3.65. The van der Waals surface area contributed by atoms with Gasteiger partial charge in [-0.15, -0.1) is 0 Å². The highest BCUT2D eigenvalue weighted by atomic mass is 32.1. The predicted octanol–water partition coefficient (Wildman–Crippen LogP) is -2.35. The fourth-order valence-corrected chi connectivity index (χ4v) is 1.41. The van der Waals surface area contributed by atoms with E-state index < -0.39 is 48.0 Å². The lowest BCUT2D eigenvalue weighted by atomic mass is 10.1. The molecule has 16 heteroatoms. The van der Waals surface area contributed by atoms with Gasteiger partial charge in [0.05, 0.1) is 6.54 Å². The Morgan fingerprint density at radius 1 is 0.912 bits per heavy atom. The van der Waals surface area contributed by atoms with Crippen molar-refractivity contribution in [2.45, 2.75) is 57.8 Å². The first kappa shape index (κ1) is 38.7. The molecule has 0 aliphatic carbocycles. The number of hydrogen-bond donors (Lipinski definition) is 11. The summed E-state index contributed by atoms with van der Waals surface area (Å²) in [5.74, 6) is -4.38. The minimum Gasteiger partial charge on any atom is -0.480 e. The van der Waals surface area contributed by atoms with Crippen LogP contribution < -0.4 is 28.3 Å². The smallest absolute Gasteiger partial charge is 0.321 e. The van der Waals surface area contributed by atoms with Crippen LogP contribution in [0.1, 0.15) is 33.6 Å². The van der Waals surface area contributed by atoms with Crippen LogP contribution in [0.4, 0.5) is 0 Å². The fraction of sp³-hybridized carbons (Fsp3) is 0.722. The van der Waals surface area contributed by atoms with E-state index in [1.807, 2.05) is 0 Å². The first-order chi connectivity index (χ1) is 15.5. The topological polar surface area (TPSA) is 303 Å². The van der Waals surface area contributed by atoms with Crippen LogP contribution in [-0.4, -0.2) is 98.4 Å². The van der Waals surface area contributed by atoms with Crippen molar-refractivity contribution in [2.75, 3.05) is 18.8 Å². The zero-order valence-corrected chi connectivity index (χ0v) is 20.4. The van der Waals surface area contributed by atoms with Gasteiger partial charge in [-0.1, -0.05) is 13.8 Å². The lowest BCUT2D eigenvalue weighted by Crippen LogP contribution is -2.34. The van der Waals surface area contributed by atoms with Gasteiger partial charge in [0.25, 0.3) is 0 Å². The third-order valence-corrected chi connectivity index (χ3v) is 3.83. The number of aliphatic carboxylic acids is 5. The number of carbonyl (C=O) groups is 5. The quantitative estimate of drug-likeness (QED) is 0.157. The van der Waals surface area contributed by atoms with Gasteiger partial charge in [-0.2, -0.15) is 12.6 Å². The Morgan fingerprint density at radius 3 is 1.38 bits per heavy atom. The van der Waals surface area contributed by atoms with E-state index in [1.165, 1.54) is 6.92 Å². The zero-order chi connectivity index (χ0) is 28.0. The molecule has 1 aliphatic rings. The van der Waals surface area contributed by atoms with Crippen LogP contribution in [0, 0.1) is 5.92 Å². The number of hydrogen-bond acceptors (Lipinski definition) is 11. The normalized spacial score (nSPS) is 16.2. The van der Waals surface area contributed by atoms with Gasteiger partial charge in [-0.3, -0.25) is 24.0 Å². The summed E-state index contributed by atoms with van der Waals surface area (Å²) in [5, 5.41) is 42.9. The third kappa shape index (κ3) is 29.5. The molecule has 0 aromatic carbocycles.